The van der Waals surface area contributed by atoms with Gasteiger partial charge in [-0.1, -0.05) is 6.42 Å². The second-order valence-electron chi connectivity index (χ2n) is 5.53. The van der Waals surface area contributed by atoms with Crippen LogP contribution in [0.1, 0.15) is 25.7 Å². The molecule has 2 fully saturated rings. The van der Waals surface area contributed by atoms with Crippen molar-refractivity contribution in [3.05, 3.63) is 0 Å². The molecule has 4 unspecified atom stereocenters. The van der Waals surface area contributed by atoms with Crippen molar-refractivity contribution in [1.82, 2.24) is 0 Å². The number of nitrogens with two attached hydrogens (primary N) is 1. The lowest BCUT2D eigenvalue weighted by atomic mass is 9.80. The summed E-state index contributed by atoms with van der Waals surface area (Å²) in [4.78, 5) is 12.3. The van der Waals surface area contributed by atoms with Crippen molar-refractivity contribution in [1.29, 1.82) is 0 Å². The Bertz CT molecular complexity index is 420. The van der Waals surface area contributed by atoms with E-state index in [-0.39, 0.29) is 28.9 Å². The van der Waals surface area contributed by atoms with E-state index >= 15 is 0 Å². The third kappa shape index (κ3) is 2.92. The maximum atomic E-state index is 12.3. The zero-order valence-electron chi connectivity index (χ0n) is 10.7. The third-order valence-corrected chi connectivity index (χ3v) is 5.76. The average Bonchev–Trinajstić information content (AvgIpc) is 2.73. The van der Waals surface area contributed by atoms with Gasteiger partial charge in [0, 0.05) is 18.2 Å². The molecule has 4 atom stereocenters. The summed E-state index contributed by atoms with van der Waals surface area (Å²) >= 11 is 0. The molecular formula is C12H21NO4S. The fourth-order valence-electron chi connectivity index (χ4n) is 2.96. The Hall–Kier alpha value is -0.460. The van der Waals surface area contributed by atoms with Crippen molar-refractivity contribution in [3.8, 4) is 0 Å². The number of ether oxygens (including phenoxy) is 1. The van der Waals surface area contributed by atoms with E-state index < -0.39 is 9.84 Å². The van der Waals surface area contributed by atoms with Crippen molar-refractivity contribution in [3.63, 3.8) is 0 Å². The Morgan fingerprint density at radius 3 is 2.56 bits per heavy atom. The van der Waals surface area contributed by atoms with Gasteiger partial charge in [0.1, 0.15) is 15.6 Å². The molecule has 0 aromatic carbocycles. The van der Waals surface area contributed by atoms with E-state index in [0.29, 0.717) is 26.1 Å². The van der Waals surface area contributed by atoms with E-state index in [1.165, 1.54) is 6.26 Å². The molecule has 6 heteroatoms. The highest BCUT2D eigenvalue weighted by molar-refractivity contribution is 7.91. The Morgan fingerprint density at radius 1 is 1.28 bits per heavy atom. The van der Waals surface area contributed by atoms with E-state index in [2.05, 4.69) is 0 Å². The van der Waals surface area contributed by atoms with E-state index in [1.807, 2.05) is 0 Å². The summed E-state index contributed by atoms with van der Waals surface area (Å²) in [7, 11) is -3.04. The largest absolute Gasteiger partial charge is 0.379 e. The molecule has 18 heavy (non-hydrogen) atoms. The fraction of sp³-hybridized carbons (Fsp3) is 0.917. The topological polar surface area (TPSA) is 86.5 Å². The molecule has 5 nitrogen and oxygen atoms in total. The summed E-state index contributed by atoms with van der Waals surface area (Å²) < 4.78 is 28.4. The number of hydrogen-bond acceptors (Lipinski definition) is 5. The normalized spacial score (nSPS) is 37.7. The first-order chi connectivity index (χ1) is 8.39. The van der Waals surface area contributed by atoms with Crippen LogP contribution in [0.5, 0.6) is 0 Å². The predicted octanol–water partition coefficient (Wildman–Crippen LogP) is 0.133. The molecule has 2 N–H and O–H groups in total. The molecule has 1 aliphatic carbocycles. The highest BCUT2D eigenvalue weighted by Crippen LogP contribution is 2.32. The maximum Gasteiger partial charge on any atom is 0.150 e. The number of carbonyl (C=O) groups excluding carboxylic acids is 1. The van der Waals surface area contributed by atoms with Crippen LogP contribution in [0, 0.1) is 11.8 Å². The molecule has 1 saturated heterocycles. The van der Waals surface area contributed by atoms with Crippen LogP contribution in [-0.2, 0) is 19.4 Å². The summed E-state index contributed by atoms with van der Waals surface area (Å²) in [5.74, 6) is -0.294. The molecule has 2 rings (SSSR count). The Kier molecular flexibility index (Phi) is 4.08. The van der Waals surface area contributed by atoms with Gasteiger partial charge in [-0.25, -0.2) is 8.42 Å². The molecule has 0 bridgehead atoms. The van der Waals surface area contributed by atoms with Crippen molar-refractivity contribution in [2.45, 2.75) is 37.0 Å². The van der Waals surface area contributed by atoms with Gasteiger partial charge in [0.2, 0.25) is 0 Å². The van der Waals surface area contributed by atoms with Gasteiger partial charge in [0.05, 0.1) is 24.4 Å². The van der Waals surface area contributed by atoms with Crippen LogP contribution in [-0.4, -0.2) is 45.0 Å². The SMILES string of the molecule is CS(=O)(=O)C1CCCC(C(=O)C2COCC2N)C1. The van der Waals surface area contributed by atoms with Gasteiger partial charge >= 0.3 is 0 Å². The Balaban J connectivity index is 2.02. The monoisotopic (exact) mass is 275 g/mol. The lowest BCUT2D eigenvalue weighted by molar-refractivity contribution is -0.127. The molecule has 104 valence electrons. The van der Waals surface area contributed by atoms with Gasteiger partial charge in [-0.3, -0.25) is 4.79 Å². The van der Waals surface area contributed by atoms with Gasteiger partial charge in [-0.15, -0.1) is 0 Å². The zero-order valence-corrected chi connectivity index (χ0v) is 11.5. The number of hydrogen-bond donors (Lipinski definition) is 1. The van der Waals surface area contributed by atoms with E-state index in [4.69, 9.17) is 10.5 Å². The number of carbonyl (C=O) groups is 1. The van der Waals surface area contributed by atoms with Crippen LogP contribution in [0.3, 0.4) is 0 Å². The maximum absolute atomic E-state index is 12.3. The van der Waals surface area contributed by atoms with Crippen molar-refractivity contribution in [2.24, 2.45) is 17.6 Å². The minimum atomic E-state index is -3.04. The van der Waals surface area contributed by atoms with Crippen LogP contribution >= 0.6 is 0 Å². The Labute approximate surface area is 108 Å². The molecular weight excluding hydrogens is 254 g/mol. The second kappa shape index (κ2) is 5.27. The highest BCUT2D eigenvalue weighted by atomic mass is 32.2. The van der Waals surface area contributed by atoms with Crippen molar-refractivity contribution in [2.75, 3.05) is 19.5 Å². The smallest absolute Gasteiger partial charge is 0.150 e. The van der Waals surface area contributed by atoms with Gasteiger partial charge in [-0.05, 0) is 19.3 Å². The van der Waals surface area contributed by atoms with Gasteiger partial charge in [0.25, 0.3) is 0 Å². The van der Waals surface area contributed by atoms with Crippen LogP contribution in [0.15, 0.2) is 0 Å². The van der Waals surface area contributed by atoms with Gasteiger partial charge in [-0.2, -0.15) is 0 Å². The summed E-state index contributed by atoms with van der Waals surface area (Å²) in [5.41, 5.74) is 5.84. The molecule has 0 spiro atoms. The van der Waals surface area contributed by atoms with Crippen molar-refractivity contribution < 1.29 is 17.9 Å². The quantitative estimate of drug-likeness (QED) is 0.791. The van der Waals surface area contributed by atoms with Crippen LogP contribution in [0.2, 0.25) is 0 Å². The average molecular weight is 275 g/mol. The number of Topliss-reactive ketones (excluding diaryl/α,β-unsaturated/α-hetero) is 1. The van der Waals surface area contributed by atoms with Crippen LogP contribution < -0.4 is 5.73 Å². The lowest BCUT2D eigenvalue weighted by Gasteiger charge is -2.29. The highest BCUT2D eigenvalue weighted by Gasteiger charge is 2.39. The Morgan fingerprint density at radius 2 is 2.00 bits per heavy atom. The third-order valence-electron chi connectivity index (χ3n) is 4.12. The van der Waals surface area contributed by atoms with Gasteiger partial charge < -0.3 is 10.5 Å². The number of ketones is 1. The summed E-state index contributed by atoms with van der Waals surface area (Å²) in [6.45, 7) is 0.818. The van der Waals surface area contributed by atoms with Gasteiger partial charge in [0.15, 0.2) is 0 Å². The minimum Gasteiger partial charge on any atom is -0.379 e. The fourth-order valence-corrected chi connectivity index (χ4v) is 4.14. The first-order valence-corrected chi connectivity index (χ1v) is 8.41. The molecule has 2 aliphatic rings. The second-order valence-corrected chi connectivity index (χ2v) is 7.85. The summed E-state index contributed by atoms with van der Waals surface area (Å²) in [6, 6.07) is -0.226. The molecule has 1 aliphatic heterocycles. The van der Waals surface area contributed by atoms with E-state index in [0.717, 1.165) is 12.8 Å². The van der Waals surface area contributed by atoms with Crippen LogP contribution in [0.4, 0.5) is 0 Å². The van der Waals surface area contributed by atoms with E-state index in [9.17, 15) is 13.2 Å². The number of sulfone groups is 1. The zero-order chi connectivity index (χ0) is 13.3. The first-order valence-electron chi connectivity index (χ1n) is 6.45. The molecule has 1 saturated carbocycles. The molecule has 1 heterocycles. The molecule has 0 aromatic rings. The predicted molar refractivity (Wildman–Crippen MR) is 67.9 cm³/mol. The van der Waals surface area contributed by atoms with Crippen LogP contribution in [0.25, 0.3) is 0 Å². The molecule has 0 aromatic heterocycles. The van der Waals surface area contributed by atoms with E-state index in [1.54, 1.807) is 0 Å². The summed E-state index contributed by atoms with van der Waals surface area (Å²) in [5, 5.41) is -0.362. The molecule has 0 amide bonds. The standard InChI is InChI=1S/C12H21NO4S/c1-18(15,16)9-4-2-3-8(5-9)12(14)10-6-17-7-11(10)13/h8-11H,2-7,13H2,1H3. The van der Waals surface area contributed by atoms with Crippen molar-refractivity contribution >= 4 is 15.6 Å². The first kappa shape index (κ1) is 14.0. The minimum absolute atomic E-state index is 0.105. The lowest BCUT2D eigenvalue weighted by Crippen LogP contribution is -2.40. The summed E-state index contributed by atoms with van der Waals surface area (Å²) in [6.07, 6.45) is 3.98. The number of rotatable bonds is 3. The molecule has 0 radical (unpaired) electrons.